The van der Waals surface area contributed by atoms with Gasteiger partial charge in [-0.1, -0.05) is 6.92 Å². The molecule has 17 heavy (non-hydrogen) atoms. The van der Waals surface area contributed by atoms with Gasteiger partial charge in [0.05, 0.1) is 0 Å². The van der Waals surface area contributed by atoms with Crippen LogP contribution in [0.2, 0.25) is 0 Å². The van der Waals surface area contributed by atoms with Crippen LogP contribution in [0, 0.1) is 5.92 Å². The normalized spacial score (nSPS) is 21.5. The highest BCUT2D eigenvalue weighted by Crippen LogP contribution is 2.17. The maximum absolute atomic E-state index is 11.9. The number of alkyl halides is 3. The molecule has 1 heterocycles. The van der Waals surface area contributed by atoms with Gasteiger partial charge in [-0.25, -0.2) is 4.79 Å². The Morgan fingerprint density at radius 1 is 1.53 bits per heavy atom. The van der Waals surface area contributed by atoms with Gasteiger partial charge in [-0.2, -0.15) is 13.2 Å². The number of urea groups is 1. The van der Waals surface area contributed by atoms with Crippen LogP contribution in [0.5, 0.6) is 0 Å². The second-order valence-electron chi connectivity index (χ2n) is 4.04. The van der Waals surface area contributed by atoms with Crippen LogP contribution < -0.4 is 5.32 Å². The average molecular weight is 252 g/mol. The Morgan fingerprint density at radius 3 is 2.71 bits per heavy atom. The highest BCUT2D eigenvalue weighted by molar-refractivity contribution is 5.84. The van der Waals surface area contributed by atoms with Crippen LogP contribution in [-0.2, 0) is 4.79 Å². The summed E-state index contributed by atoms with van der Waals surface area (Å²) >= 11 is 0. The highest BCUT2D eigenvalue weighted by Gasteiger charge is 2.32. The van der Waals surface area contributed by atoms with Crippen molar-refractivity contribution in [2.24, 2.45) is 5.92 Å². The fourth-order valence-corrected chi connectivity index (χ4v) is 1.74. The molecule has 0 radical (unpaired) electrons. The number of rotatable bonds is 2. The van der Waals surface area contributed by atoms with Crippen molar-refractivity contribution in [1.82, 2.24) is 10.2 Å². The first-order valence-corrected chi connectivity index (χ1v) is 5.45. The molecule has 4 nitrogen and oxygen atoms in total. The Kier molecular flexibility index (Phi) is 4.36. The zero-order valence-corrected chi connectivity index (χ0v) is 9.51. The lowest BCUT2D eigenvalue weighted by Gasteiger charge is -2.31. The van der Waals surface area contributed by atoms with Crippen LogP contribution in [0.25, 0.3) is 0 Å². The van der Waals surface area contributed by atoms with Crippen molar-refractivity contribution in [3.63, 3.8) is 0 Å². The van der Waals surface area contributed by atoms with E-state index < -0.39 is 18.8 Å². The average Bonchev–Trinajstić information content (AvgIpc) is 2.25. The van der Waals surface area contributed by atoms with Crippen LogP contribution in [0.3, 0.4) is 0 Å². The van der Waals surface area contributed by atoms with Gasteiger partial charge in [0.15, 0.2) is 0 Å². The molecule has 0 aromatic heterocycles. The lowest BCUT2D eigenvalue weighted by molar-refractivity contribution is -0.127. The first-order valence-electron chi connectivity index (χ1n) is 5.45. The van der Waals surface area contributed by atoms with Crippen molar-refractivity contribution in [3.05, 3.63) is 0 Å². The number of likely N-dealkylation sites (tertiary alicyclic amines) is 1. The number of hydrogen-bond donors (Lipinski definition) is 1. The number of ketones is 1. The van der Waals surface area contributed by atoms with Gasteiger partial charge < -0.3 is 10.2 Å². The lowest BCUT2D eigenvalue weighted by Crippen LogP contribution is -2.49. The third kappa shape index (κ3) is 4.24. The van der Waals surface area contributed by atoms with Crippen molar-refractivity contribution >= 4 is 11.8 Å². The molecule has 7 heteroatoms. The van der Waals surface area contributed by atoms with Crippen molar-refractivity contribution in [2.45, 2.75) is 25.9 Å². The molecule has 1 N–H and O–H groups in total. The molecular weight excluding hydrogens is 237 g/mol. The van der Waals surface area contributed by atoms with Crippen molar-refractivity contribution in [1.29, 1.82) is 0 Å². The summed E-state index contributed by atoms with van der Waals surface area (Å²) in [6.45, 7) is 0.880. The quantitative estimate of drug-likeness (QED) is 0.810. The number of carbonyl (C=O) groups is 2. The molecule has 1 aliphatic rings. The minimum absolute atomic E-state index is 0.0763. The molecule has 1 aliphatic heterocycles. The second kappa shape index (κ2) is 5.37. The van der Waals surface area contributed by atoms with Gasteiger partial charge >= 0.3 is 12.2 Å². The Hall–Kier alpha value is -1.27. The van der Waals surface area contributed by atoms with E-state index in [1.807, 2.05) is 6.92 Å². The Labute approximate surface area is 97.1 Å². The number of carbonyl (C=O) groups excluding carboxylic acids is 2. The van der Waals surface area contributed by atoms with Crippen LogP contribution in [0.15, 0.2) is 0 Å². The fourth-order valence-electron chi connectivity index (χ4n) is 1.74. The van der Waals surface area contributed by atoms with Crippen LogP contribution in [0.1, 0.15) is 19.8 Å². The van der Waals surface area contributed by atoms with Crippen LogP contribution in [-0.4, -0.2) is 42.5 Å². The van der Waals surface area contributed by atoms with E-state index in [0.29, 0.717) is 6.42 Å². The molecule has 0 spiro atoms. The molecule has 1 unspecified atom stereocenters. The Bertz CT molecular complexity index is 304. The third-order valence-electron chi connectivity index (χ3n) is 2.74. The maximum atomic E-state index is 11.9. The number of hydrogen-bond acceptors (Lipinski definition) is 2. The van der Waals surface area contributed by atoms with Crippen LogP contribution in [0.4, 0.5) is 18.0 Å². The summed E-state index contributed by atoms with van der Waals surface area (Å²) in [6.07, 6.45) is -3.59. The largest absolute Gasteiger partial charge is 0.405 e. The van der Waals surface area contributed by atoms with Crippen LogP contribution >= 0.6 is 0 Å². The SMILES string of the molecule is CCC1CN(C(=O)NCC(F)(F)F)CCC1=O. The molecule has 0 bridgehead atoms. The number of amides is 2. The summed E-state index contributed by atoms with van der Waals surface area (Å²) in [6, 6.07) is -0.756. The van der Waals surface area contributed by atoms with Gasteiger partial charge in [-0.05, 0) is 6.42 Å². The van der Waals surface area contributed by atoms with E-state index in [2.05, 4.69) is 0 Å². The topological polar surface area (TPSA) is 49.4 Å². The molecule has 1 rings (SSSR count). The molecule has 98 valence electrons. The number of nitrogens with one attached hydrogen (secondary N) is 1. The zero-order chi connectivity index (χ0) is 13.1. The molecule has 0 aromatic carbocycles. The molecule has 0 aromatic rings. The Morgan fingerprint density at radius 2 is 2.18 bits per heavy atom. The van der Waals surface area contributed by atoms with Gasteiger partial charge in [0.1, 0.15) is 12.3 Å². The van der Waals surface area contributed by atoms with E-state index in [4.69, 9.17) is 0 Å². The summed E-state index contributed by atoms with van der Waals surface area (Å²) < 4.78 is 35.7. The maximum Gasteiger partial charge on any atom is 0.405 e. The van der Waals surface area contributed by atoms with E-state index in [1.54, 1.807) is 5.32 Å². The summed E-state index contributed by atoms with van der Waals surface area (Å²) in [5.41, 5.74) is 0. The molecule has 1 atom stereocenters. The van der Waals surface area contributed by atoms with Crippen molar-refractivity contribution in [3.8, 4) is 0 Å². The first kappa shape index (κ1) is 13.8. The minimum Gasteiger partial charge on any atom is -0.329 e. The summed E-state index contributed by atoms with van der Waals surface area (Å²) in [7, 11) is 0. The van der Waals surface area contributed by atoms with E-state index in [9.17, 15) is 22.8 Å². The van der Waals surface area contributed by atoms with Gasteiger partial charge in [0.25, 0.3) is 0 Å². The molecule has 0 saturated carbocycles. The highest BCUT2D eigenvalue weighted by atomic mass is 19.4. The van der Waals surface area contributed by atoms with Gasteiger partial charge in [0, 0.05) is 25.4 Å². The number of piperidine rings is 1. The molecule has 1 fully saturated rings. The minimum atomic E-state index is -4.41. The summed E-state index contributed by atoms with van der Waals surface area (Å²) in [5, 5.41) is 1.80. The number of Topliss-reactive ketones (excluding diaryl/α,β-unsaturated/α-hetero) is 1. The first-order chi connectivity index (χ1) is 7.83. The Balaban J connectivity index is 2.45. The van der Waals surface area contributed by atoms with Crippen molar-refractivity contribution < 1.29 is 22.8 Å². The molecule has 2 amide bonds. The summed E-state index contributed by atoms with van der Waals surface area (Å²) in [4.78, 5) is 24.1. The fraction of sp³-hybridized carbons (Fsp3) is 0.800. The monoisotopic (exact) mass is 252 g/mol. The van der Waals surface area contributed by atoms with Gasteiger partial charge in [0.2, 0.25) is 0 Å². The molecule has 1 saturated heterocycles. The smallest absolute Gasteiger partial charge is 0.329 e. The standard InChI is InChI=1S/C10H15F3N2O2/c1-2-7-5-15(4-3-8(7)16)9(17)14-6-10(11,12)13/h7H,2-6H2,1H3,(H,14,17). The molecule has 0 aliphatic carbocycles. The van der Waals surface area contributed by atoms with E-state index >= 15 is 0 Å². The second-order valence-corrected chi connectivity index (χ2v) is 4.04. The third-order valence-corrected chi connectivity index (χ3v) is 2.74. The number of halogens is 3. The van der Waals surface area contributed by atoms with Gasteiger partial charge in [-0.3, -0.25) is 4.79 Å². The lowest BCUT2D eigenvalue weighted by atomic mass is 9.94. The predicted octanol–water partition coefficient (Wildman–Crippen LogP) is 1.56. The number of nitrogens with zero attached hydrogens (tertiary/aromatic N) is 1. The van der Waals surface area contributed by atoms with E-state index in [-0.39, 0.29) is 31.2 Å². The summed E-state index contributed by atoms with van der Waals surface area (Å²) in [5.74, 6) is -0.173. The molecular formula is C10H15F3N2O2. The van der Waals surface area contributed by atoms with Gasteiger partial charge in [-0.15, -0.1) is 0 Å². The van der Waals surface area contributed by atoms with E-state index in [0.717, 1.165) is 0 Å². The predicted molar refractivity (Wildman–Crippen MR) is 54.4 cm³/mol. The van der Waals surface area contributed by atoms with E-state index in [1.165, 1.54) is 4.90 Å². The zero-order valence-electron chi connectivity index (χ0n) is 9.51. The van der Waals surface area contributed by atoms with Crippen molar-refractivity contribution in [2.75, 3.05) is 19.6 Å².